The van der Waals surface area contributed by atoms with E-state index in [2.05, 4.69) is 12.2 Å². The molecule has 0 bridgehead atoms. The second-order valence-corrected chi connectivity index (χ2v) is 4.67. The number of carbonyl (C=O) groups excluding carboxylic acids is 1. The molecule has 1 aromatic carbocycles. The number of unbranched alkanes of at least 4 members (excludes halogenated alkanes) is 2. The van der Waals surface area contributed by atoms with Gasteiger partial charge in [0.15, 0.2) is 0 Å². The standard InChI is InChI=1S/C15H24N2O/c1-4-5-6-11-16-12-15(18)17(3)14-9-7-13(2)8-10-14/h7-10,16H,4-6,11-12H2,1-3H3. The number of hydrogen-bond acceptors (Lipinski definition) is 2. The molecule has 1 N–H and O–H groups in total. The molecule has 0 spiro atoms. The summed E-state index contributed by atoms with van der Waals surface area (Å²) in [6, 6.07) is 8.00. The Kier molecular flexibility index (Phi) is 6.44. The Balaban J connectivity index is 2.34. The predicted octanol–water partition coefficient (Wildman–Crippen LogP) is 2.74. The van der Waals surface area contributed by atoms with Crippen LogP contribution in [0.25, 0.3) is 0 Å². The van der Waals surface area contributed by atoms with Gasteiger partial charge in [-0.05, 0) is 32.0 Å². The Bertz CT molecular complexity index is 359. The van der Waals surface area contributed by atoms with Gasteiger partial charge in [0.2, 0.25) is 5.91 Å². The fourth-order valence-corrected chi connectivity index (χ4v) is 1.73. The molecular weight excluding hydrogens is 224 g/mol. The zero-order chi connectivity index (χ0) is 13.4. The molecule has 3 nitrogen and oxygen atoms in total. The Morgan fingerprint density at radius 1 is 1.22 bits per heavy atom. The molecule has 0 unspecified atom stereocenters. The van der Waals surface area contributed by atoms with E-state index >= 15 is 0 Å². The number of likely N-dealkylation sites (N-methyl/N-ethyl adjacent to an activating group) is 1. The molecule has 0 atom stereocenters. The lowest BCUT2D eigenvalue weighted by atomic mass is 10.2. The van der Waals surface area contributed by atoms with Crippen LogP contribution in [0.15, 0.2) is 24.3 Å². The first-order valence-corrected chi connectivity index (χ1v) is 6.69. The number of nitrogens with zero attached hydrogens (tertiary/aromatic N) is 1. The maximum absolute atomic E-state index is 11.9. The van der Waals surface area contributed by atoms with Crippen molar-refractivity contribution in [2.45, 2.75) is 33.1 Å². The molecule has 1 aromatic rings. The SMILES string of the molecule is CCCCCNCC(=O)N(C)c1ccc(C)cc1. The summed E-state index contributed by atoms with van der Waals surface area (Å²) >= 11 is 0. The van der Waals surface area contributed by atoms with Crippen molar-refractivity contribution in [1.82, 2.24) is 5.32 Å². The molecule has 0 fully saturated rings. The molecule has 0 aliphatic rings. The normalized spacial score (nSPS) is 10.4. The maximum Gasteiger partial charge on any atom is 0.240 e. The highest BCUT2D eigenvalue weighted by atomic mass is 16.2. The van der Waals surface area contributed by atoms with Gasteiger partial charge in [-0.25, -0.2) is 0 Å². The molecular formula is C15H24N2O. The molecule has 0 heterocycles. The van der Waals surface area contributed by atoms with Gasteiger partial charge in [0.1, 0.15) is 0 Å². The van der Waals surface area contributed by atoms with E-state index < -0.39 is 0 Å². The second-order valence-electron chi connectivity index (χ2n) is 4.67. The number of amides is 1. The highest BCUT2D eigenvalue weighted by Gasteiger charge is 2.09. The minimum absolute atomic E-state index is 0.107. The molecule has 0 saturated carbocycles. The molecule has 0 aliphatic heterocycles. The average molecular weight is 248 g/mol. The summed E-state index contributed by atoms with van der Waals surface area (Å²) in [6.07, 6.45) is 3.56. The van der Waals surface area contributed by atoms with Gasteiger partial charge in [0.05, 0.1) is 6.54 Å². The van der Waals surface area contributed by atoms with Crippen molar-refractivity contribution in [2.75, 3.05) is 25.0 Å². The fraction of sp³-hybridized carbons (Fsp3) is 0.533. The van der Waals surface area contributed by atoms with Crippen molar-refractivity contribution in [3.05, 3.63) is 29.8 Å². The summed E-state index contributed by atoms with van der Waals surface area (Å²) < 4.78 is 0. The van der Waals surface area contributed by atoms with Crippen molar-refractivity contribution in [3.8, 4) is 0 Å². The molecule has 100 valence electrons. The molecule has 0 aromatic heterocycles. The van der Waals surface area contributed by atoms with Crippen molar-refractivity contribution in [1.29, 1.82) is 0 Å². The Labute approximate surface area is 110 Å². The maximum atomic E-state index is 11.9. The lowest BCUT2D eigenvalue weighted by molar-refractivity contribution is -0.117. The van der Waals surface area contributed by atoms with E-state index in [-0.39, 0.29) is 5.91 Å². The van der Waals surface area contributed by atoms with E-state index in [0.717, 1.165) is 18.7 Å². The fourth-order valence-electron chi connectivity index (χ4n) is 1.73. The first-order chi connectivity index (χ1) is 8.65. The van der Waals surface area contributed by atoms with Crippen LogP contribution in [-0.2, 0) is 4.79 Å². The minimum Gasteiger partial charge on any atom is -0.314 e. The van der Waals surface area contributed by atoms with E-state index in [1.54, 1.807) is 4.90 Å². The van der Waals surface area contributed by atoms with Gasteiger partial charge in [-0.3, -0.25) is 4.79 Å². The summed E-state index contributed by atoms with van der Waals surface area (Å²) in [5.74, 6) is 0.107. The predicted molar refractivity (Wildman–Crippen MR) is 77.0 cm³/mol. The van der Waals surface area contributed by atoms with E-state index in [4.69, 9.17) is 0 Å². The molecule has 1 amide bonds. The van der Waals surface area contributed by atoms with Gasteiger partial charge in [0.25, 0.3) is 0 Å². The Hall–Kier alpha value is -1.35. The van der Waals surface area contributed by atoms with Gasteiger partial charge < -0.3 is 10.2 Å². The van der Waals surface area contributed by atoms with Gasteiger partial charge >= 0.3 is 0 Å². The zero-order valence-corrected chi connectivity index (χ0v) is 11.7. The summed E-state index contributed by atoms with van der Waals surface area (Å²) in [6.45, 7) is 5.55. The Morgan fingerprint density at radius 2 is 1.89 bits per heavy atom. The van der Waals surface area contributed by atoms with Crippen LogP contribution in [0.4, 0.5) is 5.69 Å². The van der Waals surface area contributed by atoms with Crippen LogP contribution in [0.3, 0.4) is 0 Å². The number of rotatable bonds is 7. The molecule has 3 heteroatoms. The van der Waals surface area contributed by atoms with Crippen molar-refractivity contribution in [2.24, 2.45) is 0 Å². The van der Waals surface area contributed by atoms with Crippen molar-refractivity contribution < 1.29 is 4.79 Å². The van der Waals surface area contributed by atoms with Crippen molar-refractivity contribution >= 4 is 11.6 Å². The van der Waals surface area contributed by atoms with E-state index in [1.807, 2.05) is 38.2 Å². The van der Waals surface area contributed by atoms with Gasteiger partial charge in [-0.15, -0.1) is 0 Å². The smallest absolute Gasteiger partial charge is 0.240 e. The topological polar surface area (TPSA) is 32.3 Å². The monoisotopic (exact) mass is 248 g/mol. The third kappa shape index (κ3) is 4.88. The lowest BCUT2D eigenvalue weighted by Gasteiger charge is -2.17. The van der Waals surface area contributed by atoms with Gasteiger partial charge in [-0.2, -0.15) is 0 Å². The molecule has 18 heavy (non-hydrogen) atoms. The lowest BCUT2D eigenvalue weighted by Crippen LogP contribution is -2.35. The third-order valence-corrected chi connectivity index (χ3v) is 3.03. The quantitative estimate of drug-likeness (QED) is 0.753. The van der Waals surface area contributed by atoms with Crippen LogP contribution >= 0.6 is 0 Å². The number of nitrogens with one attached hydrogen (secondary N) is 1. The highest BCUT2D eigenvalue weighted by Crippen LogP contribution is 2.13. The molecule has 0 radical (unpaired) electrons. The number of anilines is 1. The van der Waals surface area contributed by atoms with Crippen LogP contribution in [-0.4, -0.2) is 26.0 Å². The van der Waals surface area contributed by atoms with Crippen LogP contribution in [0.5, 0.6) is 0 Å². The van der Waals surface area contributed by atoms with Crippen LogP contribution in [0.1, 0.15) is 31.7 Å². The second kappa shape index (κ2) is 7.88. The molecule has 1 rings (SSSR count). The van der Waals surface area contributed by atoms with E-state index in [9.17, 15) is 4.79 Å². The van der Waals surface area contributed by atoms with E-state index in [1.165, 1.54) is 18.4 Å². The number of carbonyl (C=O) groups is 1. The number of hydrogen-bond donors (Lipinski definition) is 1. The first kappa shape index (κ1) is 14.7. The van der Waals surface area contributed by atoms with Crippen molar-refractivity contribution in [3.63, 3.8) is 0 Å². The number of benzene rings is 1. The molecule has 0 saturated heterocycles. The van der Waals surface area contributed by atoms with Crippen LogP contribution < -0.4 is 10.2 Å². The van der Waals surface area contributed by atoms with E-state index in [0.29, 0.717) is 6.54 Å². The Morgan fingerprint density at radius 3 is 2.50 bits per heavy atom. The summed E-state index contributed by atoms with van der Waals surface area (Å²) in [7, 11) is 1.82. The first-order valence-electron chi connectivity index (χ1n) is 6.69. The molecule has 0 aliphatic carbocycles. The average Bonchev–Trinajstić information content (AvgIpc) is 2.38. The minimum atomic E-state index is 0.107. The summed E-state index contributed by atoms with van der Waals surface area (Å²) in [4.78, 5) is 13.6. The summed E-state index contributed by atoms with van der Waals surface area (Å²) in [5.41, 5.74) is 2.15. The van der Waals surface area contributed by atoms with Crippen LogP contribution in [0.2, 0.25) is 0 Å². The zero-order valence-electron chi connectivity index (χ0n) is 11.7. The number of aryl methyl sites for hydroxylation is 1. The third-order valence-electron chi connectivity index (χ3n) is 3.03. The summed E-state index contributed by atoms with van der Waals surface area (Å²) in [5, 5.41) is 3.19. The van der Waals surface area contributed by atoms with Crippen LogP contribution in [0, 0.1) is 6.92 Å². The van der Waals surface area contributed by atoms with Gasteiger partial charge in [-0.1, -0.05) is 37.5 Å². The largest absolute Gasteiger partial charge is 0.314 e. The van der Waals surface area contributed by atoms with Gasteiger partial charge in [0, 0.05) is 12.7 Å². The highest BCUT2D eigenvalue weighted by molar-refractivity contribution is 5.94.